The first kappa shape index (κ1) is 21.8. The lowest BCUT2D eigenvalue weighted by Crippen LogP contribution is -2.46. The average Bonchev–Trinajstić information content (AvgIpc) is 2.86. The molecule has 1 aromatic rings. The van der Waals surface area contributed by atoms with Gasteiger partial charge in [-0.15, -0.1) is 0 Å². The van der Waals surface area contributed by atoms with Crippen LogP contribution in [0.2, 0.25) is 13.1 Å². The zero-order valence-electron chi connectivity index (χ0n) is 18.3. The van der Waals surface area contributed by atoms with Crippen molar-refractivity contribution in [3.8, 4) is 0 Å². The summed E-state index contributed by atoms with van der Waals surface area (Å²) >= 11 is 0. The van der Waals surface area contributed by atoms with E-state index in [0.29, 0.717) is 6.61 Å². The molecule has 1 unspecified atom stereocenters. The third-order valence-corrected chi connectivity index (χ3v) is 10.2. The predicted octanol–water partition coefficient (Wildman–Crippen LogP) is 4.24. The third kappa shape index (κ3) is 4.79. The number of rotatable bonds is 6. The topological polar surface area (TPSA) is 36.9 Å². The van der Waals surface area contributed by atoms with Crippen LogP contribution >= 0.6 is 0 Å². The fourth-order valence-electron chi connectivity index (χ4n) is 3.62. The monoisotopic (exact) mass is 402 g/mol. The molecule has 3 rings (SSSR count). The Morgan fingerprint density at radius 2 is 1.75 bits per heavy atom. The highest BCUT2D eigenvalue weighted by Crippen LogP contribution is 2.37. The molecule has 28 heavy (non-hydrogen) atoms. The molecular formula is C22H35BO4Si. The minimum atomic E-state index is -1.93. The summed E-state index contributed by atoms with van der Waals surface area (Å²) in [6, 6.07) is 10.7. The van der Waals surface area contributed by atoms with Crippen LogP contribution in [0.25, 0.3) is 0 Å². The first-order chi connectivity index (χ1) is 13.1. The highest BCUT2D eigenvalue weighted by Gasteiger charge is 2.50. The van der Waals surface area contributed by atoms with E-state index >= 15 is 0 Å². The lowest BCUT2D eigenvalue weighted by Gasteiger charge is -2.32. The van der Waals surface area contributed by atoms with E-state index in [1.807, 2.05) is 0 Å². The molecule has 154 valence electrons. The van der Waals surface area contributed by atoms with Crippen molar-refractivity contribution in [3.63, 3.8) is 0 Å². The van der Waals surface area contributed by atoms with Gasteiger partial charge in [0, 0.05) is 6.61 Å². The maximum atomic E-state index is 6.25. The molecule has 2 saturated heterocycles. The van der Waals surface area contributed by atoms with Gasteiger partial charge in [-0.1, -0.05) is 59.8 Å². The van der Waals surface area contributed by atoms with Crippen LogP contribution in [-0.4, -0.2) is 45.9 Å². The van der Waals surface area contributed by atoms with Crippen LogP contribution in [-0.2, 0) is 18.8 Å². The van der Waals surface area contributed by atoms with Crippen molar-refractivity contribution in [1.82, 2.24) is 0 Å². The van der Waals surface area contributed by atoms with E-state index in [-0.39, 0.29) is 24.6 Å². The van der Waals surface area contributed by atoms with E-state index in [9.17, 15) is 0 Å². The SMILES string of the molecule is CC1(C)OB(/C=C(/COC2CCCCO2)[Si](C)(C)c2ccccc2)OC1(C)C. The van der Waals surface area contributed by atoms with Crippen molar-refractivity contribution in [2.75, 3.05) is 13.2 Å². The van der Waals surface area contributed by atoms with Crippen LogP contribution < -0.4 is 5.19 Å². The van der Waals surface area contributed by atoms with E-state index in [0.717, 1.165) is 19.4 Å². The molecule has 2 fully saturated rings. The minimum Gasteiger partial charge on any atom is -0.400 e. The molecule has 0 spiro atoms. The highest BCUT2D eigenvalue weighted by molar-refractivity contribution is 6.96. The van der Waals surface area contributed by atoms with Gasteiger partial charge in [-0.2, -0.15) is 0 Å². The Morgan fingerprint density at radius 3 is 2.32 bits per heavy atom. The molecule has 0 bridgehead atoms. The van der Waals surface area contributed by atoms with Gasteiger partial charge in [-0.25, -0.2) is 0 Å². The van der Waals surface area contributed by atoms with Gasteiger partial charge in [0.25, 0.3) is 0 Å². The second kappa shape index (κ2) is 8.44. The quantitative estimate of drug-likeness (QED) is 0.667. The van der Waals surface area contributed by atoms with E-state index in [4.69, 9.17) is 18.8 Å². The summed E-state index contributed by atoms with van der Waals surface area (Å²) < 4.78 is 24.5. The summed E-state index contributed by atoms with van der Waals surface area (Å²) in [4.78, 5) is 0. The maximum absolute atomic E-state index is 6.25. The standard InChI is InChI=1S/C22H35BO4Si/c1-21(2)22(3,4)27-23(26-21)16-19(17-25-20-14-10-11-15-24-20)28(5,6)18-12-8-7-9-13-18/h7-9,12-13,16,20H,10-11,14-15,17H2,1-6H3/b19-16-. The molecule has 2 heterocycles. The molecule has 0 aliphatic carbocycles. The lowest BCUT2D eigenvalue weighted by molar-refractivity contribution is -0.156. The molecule has 4 nitrogen and oxygen atoms in total. The van der Waals surface area contributed by atoms with Gasteiger partial charge < -0.3 is 18.8 Å². The molecule has 0 N–H and O–H groups in total. The fourth-order valence-corrected chi connectivity index (χ4v) is 6.02. The van der Waals surface area contributed by atoms with Gasteiger partial charge in [0.2, 0.25) is 0 Å². The fraction of sp³-hybridized carbons (Fsp3) is 0.636. The van der Waals surface area contributed by atoms with Crippen LogP contribution in [0.5, 0.6) is 0 Å². The van der Waals surface area contributed by atoms with Crippen molar-refractivity contribution in [2.45, 2.75) is 77.5 Å². The Labute approximate surface area is 171 Å². The zero-order chi connectivity index (χ0) is 20.4. The molecule has 6 heteroatoms. The van der Waals surface area contributed by atoms with Crippen molar-refractivity contribution >= 4 is 20.4 Å². The van der Waals surface area contributed by atoms with Gasteiger partial charge >= 0.3 is 7.12 Å². The molecule has 2 aliphatic rings. The van der Waals surface area contributed by atoms with E-state index < -0.39 is 8.07 Å². The molecule has 2 aliphatic heterocycles. The number of benzene rings is 1. The maximum Gasteiger partial charge on any atom is 0.486 e. The molecule has 0 radical (unpaired) electrons. The third-order valence-electron chi connectivity index (χ3n) is 6.47. The first-order valence-electron chi connectivity index (χ1n) is 10.5. The Morgan fingerprint density at radius 1 is 1.11 bits per heavy atom. The number of hydrogen-bond acceptors (Lipinski definition) is 4. The average molecular weight is 402 g/mol. The lowest BCUT2D eigenvalue weighted by atomic mass is 9.90. The van der Waals surface area contributed by atoms with Gasteiger partial charge in [0.05, 0.1) is 17.8 Å². The second-order valence-corrected chi connectivity index (χ2v) is 13.9. The predicted molar refractivity (Wildman–Crippen MR) is 117 cm³/mol. The summed E-state index contributed by atoms with van der Waals surface area (Å²) in [5.74, 6) is 2.17. The largest absolute Gasteiger partial charge is 0.486 e. The van der Waals surface area contributed by atoms with Gasteiger partial charge in [-0.05, 0) is 47.0 Å². The number of ether oxygens (including phenoxy) is 2. The second-order valence-electron chi connectivity index (χ2n) is 9.41. The van der Waals surface area contributed by atoms with Crippen LogP contribution in [0.3, 0.4) is 0 Å². The molecule has 1 aromatic carbocycles. The molecular weight excluding hydrogens is 367 g/mol. The number of hydrogen-bond donors (Lipinski definition) is 0. The van der Waals surface area contributed by atoms with E-state index in [2.05, 4.69) is 77.1 Å². The Hall–Kier alpha value is -0.918. The van der Waals surface area contributed by atoms with E-state index in [1.165, 1.54) is 16.8 Å². The summed E-state index contributed by atoms with van der Waals surface area (Å²) in [6.45, 7) is 14.4. The van der Waals surface area contributed by atoms with Gasteiger partial charge in [0.15, 0.2) is 6.29 Å². The van der Waals surface area contributed by atoms with Gasteiger partial charge in [0.1, 0.15) is 8.07 Å². The van der Waals surface area contributed by atoms with E-state index in [1.54, 1.807) is 0 Å². The summed E-state index contributed by atoms with van der Waals surface area (Å²) in [6.07, 6.45) is 3.16. The van der Waals surface area contributed by atoms with Crippen LogP contribution in [0, 0.1) is 0 Å². The Bertz CT molecular complexity index is 665. The van der Waals surface area contributed by atoms with Crippen molar-refractivity contribution < 1.29 is 18.8 Å². The van der Waals surface area contributed by atoms with Crippen LogP contribution in [0.4, 0.5) is 0 Å². The summed E-state index contributed by atoms with van der Waals surface area (Å²) in [5, 5.41) is 2.66. The normalized spacial score (nSPS) is 25.1. The molecule has 0 saturated carbocycles. The first-order valence-corrected chi connectivity index (χ1v) is 13.5. The van der Waals surface area contributed by atoms with Crippen molar-refractivity contribution in [1.29, 1.82) is 0 Å². The smallest absolute Gasteiger partial charge is 0.400 e. The molecule has 1 atom stereocenters. The zero-order valence-corrected chi connectivity index (χ0v) is 19.3. The molecule has 0 amide bonds. The van der Waals surface area contributed by atoms with Crippen molar-refractivity contribution in [3.05, 3.63) is 41.5 Å². The van der Waals surface area contributed by atoms with Crippen LogP contribution in [0.1, 0.15) is 47.0 Å². The van der Waals surface area contributed by atoms with Crippen LogP contribution in [0.15, 0.2) is 41.5 Å². The van der Waals surface area contributed by atoms with Gasteiger partial charge in [-0.3, -0.25) is 0 Å². The van der Waals surface area contributed by atoms with Crippen molar-refractivity contribution in [2.24, 2.45) is 0 Å². The summed E-state index contributed by atoms with van der Waals surface area (Å²) in [7, 11) is -2.29. The highest BCUT2D eigenvalue weighted by atomic mass is 28.3. The molecule has 0 aromatic heterocycles. The minimum absolute atomic E-state index is 0.101. The Kier molecular flexibility index (Phi) is 6.57. The summed E-state index contributed by atoms with van der Waals surface area (Å²) in [5.41, 5.74) is -0.684. The Balaban J connectivity index is 1.84.